The molecule has 31 heavy (non-hydrogen) atoms. The fourth-order valence-corrected chi connectivity index (χ4v) is 3.53. The number of ether oxygens (including phenoxy) is 2. The number of aromatic nitrogens is 3. The van der Waals surface area contributed by atoms with Crippen molar-refractivity contribution in [1.29, 1.82) is 0 Å². The van der Waals surface area contributed by atoms with E-state index in [1.54, 1.807) is 14.0 Å². The van der Waals surface area contributed by atoms with Crippen molar-refractivity contribution >= 4 is 28.6 Å². The molecule has 164 valence electrons. The predicted octanol–water partition coefficient (Wildman–Crippen LogP) is 4.29. The highest BCUT2D eigenvalue weighted by Crippen LogP contribution is 2.29. The van der Waals surface area contributed by atoms with Crippen LogP contribution in [0.3, 0.4) is 0 Å². The van der Waals surface area contributed by atoms with Gasteiger partial charge in [0.15, 0.2) is 11.6 Å². The molecule has 0 fully saturated rings. The normalized spacial score (nSPS) is 11.0. The van der Waals surface area contributed by atoms with Gasteiger partial charge in [0.2, 0.25) is 5.91 Å². The zero-order valence-corrected chi connectivity index (χ0v) is 18.6. The molecule has 0 saturated carbocycles. The van der Waals surface area contributed by atoms with E-state index in [1.165, 1.54) is 10.9 Å². The number of benzene rings is 1. The summed E-state index contributed by atoms with van der Waals surface area (Å²) >= 11 is 0. The minimum atomic E-state index is -0.552. The maximum atomic E-state index is 12.8. The smallest absolute Gasteiger partial charge is 0.343 e. The predicted molar refractivity (Wildman–Crippen MR) is 119 cm³/mol. The van der Waals surface area contributed by atoms with Crippen LogP contribution in [0, 0.1) is 12.8 Å². The molecular formula is C23H28N4O4. The monoisotopic (exact) mass is 424 g/mol. The molecule has 0 unspecified atom stereocenters. The Hall–Kier alpha value is -3.42. The molecule has 0 aliphatic rings. The lowest BCUT2D eigenvalue weighted by Gasteiger charge is -2.16. The molecule has 0 spiro atoms. The van der Waals surface area contributed by atoms with Gasteiger partial charge in [-0.3, -0.25) is 4.79 Å². The lowest BCUT2D eigenvalue weighted by Crippen LogP contribution is -2.24. The molecule has 1 amide bonds. The Bertz CT molecular complexity index is 1100. The minimum absolute atomic E-state index is 0.174. The van der Waals surface area contributed by atoms with Crippen molar-refractivity contribution in [3.05, 3.63) is 41.6 Å². The summed E-state index contributed by atoms with van der Waals surface area (Å²) < 4.78 is 12.1. The third-order valence-electron chi connectivity index (χ3n) is 5.30. The van der Waals surface area contributed by atoms with Gasteiger partial charge in [0.25, 0.3) is 0 Å². The fraction of sp³-hybridized carbons (Fsp3) is 0.391. The van der Waals surface area contributed by atoms with Crippen LogP contribution in [0.5, 0.6) is 5.75 Å². The van der Waals surface area contributed by atoms with Gasteiger partial charge in [-0.1, -0.05) is 26.0 Å². The second kappa shape index (κ2) is 9.59. The van der Waals surface area contributed by atoms with Crippen LogP contribution in [0.15, 0.2) is 30.5 Å². The van der Waals surface area contributed by atoms with E-state index in [0.717, 1.165) is 10.9 Å². The van der Waals surface area contributed by atoms with Crippen LogP contribution < -0.4 is 10.1 Å². The average Bonchev–Trinajstić information content (AvgIpc) is 3.18. The van der Waals surface area contributed by atoms with E-state index in [0.29, 0.717) is 29.9 Å². The quantitative estimate of drug-likeness (QED) is 0.542. The molecule has 1 aromatic carbocycles. The van der Waals surface area contributed by atoms with Crippen LogP contribution >= 0.6 is 0 Å². The topological polar surface area (TPSA) is 95.3 Å². The number of para-hydroxylation sites is 1. The van der Waals surface area contributed by atoms with Crippen LogP contribution in [0.25, 0.3) is 16.7 Å². The number of nitrogens with zero attached hydrogens (tertiary/aromatic N) is 3. The lowest BCUT2D eigenvalue weighted by molar-refractivity contribution is -0.120. The molecule has 0 aliphatic carbocycles. The zero-order chi connectivity index (χ0) is 22.5. The molecule has 2 aromatic heterocycles. The van der Waals surface area contributed by atoms with Crippen molar-refractivity contribution in [3.8, 4) is 11.6 Å². The molecule has 8 heteroatoms. The van der Waals surface area contributed by atoms with Crippen LogP contribution in [-0.2, 0) is 9.53 Å². The largest absolute Gasteiger partial charge is 0.494 e. The van der Waals surface area contributed by atoms with Crippen LogP contribution in [0.2, 0.25) is 0 Å². The summed E-state index contributed by atoms with van der Waals surface area (Å²) in [5.74, 6) is 0.435. The number of esters is 1. The van der Waals surface area contributed by atoms with Crippen LogP contribution in [0.1, 0.15) is 49.5 Å². The Kier molecular flexibility index (Phi) is 6.89. The SMILES string of the molecule is CCOC(=O)c1cnn(-c2cc(C)c3cccc(OC)c3n2)c1NC(=O)C(CC)CC. The number of carbonyl (C=O) groups is 2. The average molecular weight is 425 g/mol. The summed E-state index contributed by atoms with van der Waals surface area (Å²) in [6.07, 6.45) is 2.77. The molecule has 0 aliphatic heterocycles. The Morgan fingerprint density at radius 1 is 1.19 bits per heavy atom. The Morgan fingerprint density at radius 3 is 2.58 bits per heavy atom. The van der Waals surface area contributed by atoms with Gasteiger partial charge < -0.3 is 14.8 Å². The van der Waals surface area contributed by atoms with E-state index < -0.39 is 5.97 Å². The standard InChI is InChI=1S/C23H28N4O4/c1-6-15(7-2)22(28)26-21-17(23(29)31-8-3)13-24-27(21)19-12-14(4)16-10-9-11-18(30-5)20(16)25-19/h9-13,15H,6-8H2,1-5H3,(H,26,28). The number of anilines is 1. The zero-order valence-electron chi connectivity index (χ0n) is 18.6. The number of rotatable bonds is 8. The number of carbonyl (C=O) groups excluding carboxylic acids is 2. The number of nitrogens with one attached hydrogen (secondary N) is 1. The van der Waals surface area contributed by atoms with Crippen LogP contribution in [-0.4, -0.2) is 40.4 Å². The first-order valence-corrected chi connectivity index (χ1v) is 10.5. The van der Waals surface area contributed by atoms with Crippen molar-refractivity contribution in [3.63, 3.8) is 0 Å². The highest BCUT2D eigenvalue weighted by molar-refractivity contribution is 6.01. The van der Waals surface area contributed by atoms with Gasteiger partial charge in [-0.2, -0.15) is 9.78 Å². The maximum Gasteiger partial charge on any atom is 0.343 e. The van der Waals surface area contributed by atoms with Gasteiger partial charge in [0.1, 0.15) is 16.8 Å². The summed E-state index contributed by atoms with van der Waals surface area (Å²) in [5, 5.41) is 8.19. The van der Waals surface area contributed by atoms with E-state index in [9.17, 15) is 9.59 Å². The summed E-state index contributed by atoms with van der Waals surface area (Å²) in [7, 11) is 1.59. The number of fused-ring (bicyclic) bond motifs is 1. The van der Waals surface area contributed by atoms with Crippen molar-refractivity contribution in [2.45, 2.75) is 40.5 Å². The number of pyridine rings is 1. The second-order valence-corrected chi connectivity index (χ2v) is 7.20. The minimum Gasteiger partial charge on any atom is -0.494 e. The first-order valence-electron chi connectivity index (χ1n) is 10.5. The molecule has 0 atom stereocenters. The highest BCUT2D eigenvalue weighted by atomic mass is 16.5. The van der Waals surface area contributed by atoms with Gasteiger partial charge in [0, 0.05) is 11.3 Å². The van der Waals surface area contributed by atoms with E-state index >= 15 is 0 Å². The molecule has 0 saturated heterocycles. The van der Waals surface area contributed by atoms with Crippen LogP contribution in [0.4, 0.5) is 5.82 Å². The molecule has 0 radical (unpaired) electrons. The highest BCUT2D eigenvalue weighted by Gasteiger charge is 2.25. The Balaban J connectivity index is 2.17. The molecular weight excluding hydrogens is 396 g/mol. The Labute approximate surface area is 181 Å². The van der Waals surface area contributed by atoms with Gasteiger partial charge in [0.05, 0.1) is 19.9 Å². The van der Waals surface area contributed by atoms with Gasteiger partial charge in [-0.15, -0.1) is 0 Å². The van der Waals surface area contributed by atoms with Gasteiger partial charge in [-0.05, 0) is 44.4 Å². The lowest BCUT2D eigenvalue weighted by atomic mass is 10.0. The number of amides is 1. The summed E-state index contributed by atoms with van der Waals surface area (Å²) in [5.41, 5.74) is 1.82. The van der Waals surface area contributed by atoms with Crippen molar-refractivity contribution < 1.29 is 19.1 Å². The summed E-state index contributed by atoms with van der Waals surface area (Å²) in [4.78, 5) is 30.1. The molecule has 8 nitrogen and oxygen atoms in total. The second-order valence-electron chi connectivity index (χ2n) is 7.20. The maximum absolute atomic E-state index is 12.8. The Morgan fingerprint density at radius 2 is 1.94 bits per heavy atom. The van der Waals surface area contributed by atoms with E-state index in [4.69, 9.17) is 14.5 Å². The van der Waals surface area contributed by atoms with Gasteiger partial charge >= 0.3 is 5.97 Å². The number of methoxy groups -OCH3 is 1. The van der Waals surface area contributed by atoms with Crippen molar-refractivity contribution in [2.75, 3.05) is 19.0 Å². The van der Waals surface area contributed by atoms with E-state index in [-0.39, 0.29) is 29.8 Å². The summed E-state index contributed by atoms with van der Waals surface area (Å²) in [6.45, 7) is 7.82. The molecule has 1 N–H and O–H groups in total. The van der Waals surface area contributed by atoms with Crippen molar-refractivity contribution in [1.82, 2.24) is 14.8 Å². The number of aryl methyl sites for hydroxylation is 1. The van der Waals surface area contributed by atoms with E-state index in [1.807, 2.05) is 45.0 Å². The number of hydrogen-bond donors (Lipinski definition) is 1. The first-order chi connectivity index (χ1) is 14.9. The van der Waals surface area contributed by atoms with E-state index in [2.05, 4.69) is 10.4 Å². The van der Waals surface area contributed by atoms with Crippen molar-refractivity contribution in [2.24, 2.45) is 5.92 Å². The fourth-order valence-electron chi connectivity index (χ4n) is 3.53. The molecule has 3 aromatic rings. The van der Waals surface area contributed by atoms with Gasteiger partial charge in [-0.25, -0.2) is 9.78 Å². The third kappa shape index (κ3) is 4.38. The third-order valence-corrected chi connectivity index (χ3v) is 5.30. The number of hydrogen-bond acceptors (Lipinski definition) is 6. The molecule has 2 heterocycles. The summed E-state index contributed by atoms with van der Waals surface area (Å²) in [6, 6.07) is 7.56. The molecule has 0 bridgehead atoms. The first kappa shape index (κ1) is 22.3. The molecule has 3 rings (SSSR count).